The Hall–Kier alpha value is -4.08. The van der Waals surface area contributed by atoms with Crippen LogP contribution in [0.2, 0.25) is 0 Å². The second-order valence-corrected chi connectivity index (χ2v) is 5.80. The Bertz CT molecular complexity index is 968. The van der Waals surface area contributed by atoms with E-state index >= 15 is 0 Å². The van der Waals surface area contributed by atoms with E-state index in [1.54, 1.807) is 44.2 Å². The fraction of sp³-hybridized carbons (Fsp3) is 0.200. The Morgan fingerprint density at radius 3 is 1.97 bits per heavy atom. The second kappa shape index (κ2) is 10.5. The topological polar surface area (TPSA) is 149 Å². The number of fused-ring (bicyclic) bond motifs is 1. The number of nitrogen functional groups attached to an aromatic ring is 1. The van der Waals surface area contributed by atoms with E-state index in [9.17, 15) is 19.2 Å². The highest BCUT2D eigenvalue weighted by Gasteiger charge is 2.23. The van der Waals surface area contributed by atoms with E-state index in [0.29, 0.717) is 11.4 Å². The molecule has 0 aliphatic carbocycles. The van der Waals surface area contributed by atoms with Gasteiger partial charge in [0, 0.05) is 28.3 Å². The Balaban J connectivity index is 2.33. The lowest BCUT2D eigenvalue weighted by Gasteiger charge is -2.11. The molecule has 10 nitrogen and oxygen atoms in total. The predicted octanol–water partition coefficient (Wildman–Crippen LogP) is 2.26. The van der Waals surface area contributed by atoms with Gasteiger partial charge in [-0.2, -0.15) is 0 Å². The molecule has 0 atom stereocenters. The fourth-order valence-electron chi connectivity index (χ4n) is 2.50. The van der Waals surface area contributed by atoms with E-state index in [0.717, 1.165) is 17.0 Å². The van der Waals surface area contributed by atoms with Gasteiger partial charge < -0.3 is 20.5 Å². The van der Waals surface area contributed by atoms with Crippen LogP contribution in [-0.2, 0) is 19.1 Å². The molecular weight excluding hydrogens is 392 g/mol. The number of rotatable bonds is 6. The normalized spacial score (nSPS) is 9.93. The van der Waals surface area contributed by atoms with Crippen LogP contribution in [0.5, 0.6) is 0 Å². The van der Waals surface area contributed by atoms with Crippen molar-refractivity contribution in [3.8, 4) is 0 Å². The average Bonchev–Trinajstić information content (AvgIpc) is 2.69. The molecule has 2 rings (SSSR count). The molecule has 0 unspecified atom stereocenters. The summed E-state index contributed by atoms with van der Waals surface area (Å²) >= 11 is 0. The lowest BCUT2D eigenvalue weighted by molar-refractivity contribution is -0.122. The van der Waals surface area contributed by atoms with Crippen molar-refractivity contribution in [2.45, 2.75) is 13.8 Å². The van der Waals surface area contributed by atoms with Crippen molar-refractivity contribution in [2.75, 3.05) is 24.3 Å². The summed E-state index contributed by atoms with van der Waals surface area (Å²) in [5.74, 6) is -2.13. The Kier molecular flexibility index (Phi) is 7.74. The Labute approximate surface area is 172 Å². The number of nitrogens with two attached hydrogens (primary N) is 1. The van der Waals surface area contributed by atoms with Crippen molar-refractivity contribution in [3.63, 3.8) is 0 Å². The Morgan fingerprint density at radius 1 is 0.867 bits per heavy atom. The molecule has 0 saturated carbocycles. The average molecular weight is 414 g/mol. The van der Waals surface area contributed by atoms with Gasteiger partial charge in [-0.1, -0.05) is 24.3 Å². The molecular formula is C20H22N4O6. The molecule has 30 heavy (non-hydrogen) atoms. The van der Waals surface area contributed by atoms with Crippen LogP contribution < -0.4 is 21.7 Å². The monoisotopic (exact) mass is 414 g/mol. The van der Waals surface area contributed by atoms with Crippen LogP contribution in [0.4, 0.5) is 21.0 Å². The van der Waals surface area contributed by atoms with Crippen molar-refractivity contribution in [1.82, 2.24) is 10.6 Å². The van der Waals surface area contributed by atoms with Gasteiger partial charge in [0.2, 0.25) is 0 Å². The zero-order valence-electron chi connectivity index (χ0n) is 16.5. The smallest absolute Gasteiger partial charge is 0.414 e. The predicted molar refractivity (Wildman–Crippen MR) is 110 cm³/mol. The number of hydrogen-bond acceptors (Lipinski definition) is 8. The number of nitrogens with one attached hydrogen (secondary N) is 3. The molecule has 0 fully saturated rings. The highest BCUT2D eigenvalue weighted by atomic mass is 16.6. The van der Waals surface area contributed by atoms with Gasteiger partial charge in [-0.3, -0.25) is 20.2 Å². The van der Waals surface area contributed by atoms with Crippen molar-refractivity contribution >= 4 is 46.1 Å². The number of benzene rings is 2. The van der Waals surface area contributed by atoms with E-state index in [4.69, 9.17) is 5.73 Å². The summed E-state index contributed by atoms with van der Waals surface area (Å²) in [6.07, 6.45) is -0.994. The summed E-state index contributed by atoms with van der Waals surface area (Å²) in [4.78, 5) is 47.9. The summed E-state index contributed by atoms with van der Waals surface area (Å²) in [5.41, 5.74) is 6.53. The van der Waals surface area contributed by atoms with Crippen LogP contribution in [0.3, 0.4) is 0 Å². The maximum absolute atomic E-state index is 12.4. The molecule has 0 aliphatic rings. The van der Waals surface area contributed by atoms with Crippen molar-refractivity contribution in [1.29, 1.82) is 0 Å². The molecule has 0 spiro atoms. The number of carbonyl (C=O) groups excluding carboxylic acids is 4. The number of alkyl carbamates (subject to hydrolysis) is 2. The molecule has 2 aromatic carbocycles. The first-order chi connectivity index (χ1) is 14.4. The van der Waals surface area contributed by atoms with E-state index in [-0.39, 0.29) is 13.2 Å². The van der Waals surface area contributed by atoms with Crippen molar-refractivity contribution in [3.05, 3.63) is 48.2 Å². The zero-order chi connectivity index (χ0) is 22.1. The molecule has 4 amide bonds. The minimum atomic E-state index is -1.07. The number of imide groups is 2. The van der Waals surface area contributed by atoms with Gasteiger partial charge in [0.25, 0.3) is 11.8 Å². The van der Waals surface area contributed by atoms with E-state index in [2.05, 4.69) is 14.8 Å². The molecule has 0 bridgehead atoms. The van der Waals surface area contributed by atoms with Crippen LogP contribution in [0.25, 0.3) is 10.8 Å². The molecule has 0 saturated heterocycles. The maximum Gasteiger partial charge on any atom is 0.414 e. The van der Waals surface area contributed by atoms with Gasteiger partial charge in [-0.05, 0) is 26.0 Å². The highest BCUT2D eigenvalue weighted by molar-refractivity contribution is 6.23. The number of anilines is 2. The van der Waals surface area contributed by atoms with Gasteiger partial charge in [0.1, 0.15) is 5.57 Å². The maximum atomic E-state index is 12.4. The number of ether oxygens (including phenoxy) is 2. The first kappa shape index (κ1) is 22.2. The molecule has 158 valence electrons. The third kappa shape index (κ3) is 5.71. The molecule has 2 aromatic rings. The first-order valence-electron chi connectivity index (χ1n) is 9.07. The number of carbonyl (C=O) groups is 4. The second-order valence-electron chi connectivity index (χ2n) is 5.80. The molecule has 10 heteroatoms. The summed E-state index contributed by atoms with van der Waals surface area (Å²) in [6.45, 7) is 3.18. The Morgan fingerprint density at radius 2 is 1.40 bits per heavy atom. The minimum absolute atomic E-state index is 0.0306. The van der Waals surface area contributed by atoms with Crippen LogP contribution in [0.1, 0.15) is 13.8 Å². The quantitative estimate of drug-likeness (QED) is 0.243. The molecule has 0 heterocycles. The number of amides is 4. The summed E-state index contributed by atoms with van der Waals surface area (Å²) < 4.78 is 9.28. The molecule has 0 radical (unpaired) electrons. The first-order valence-corrected chi connectivity index (χ1v) is 9.07. The third-order valence-corrected chi connectivity index (χ3v) is 3.80. The third-order valence-electron chi connectivity index (χ3n) is 3.80. The van der Waals surface area contributed by atoms with E-state index in [1.165, 1.54) is 0 Å². The molecule has 0 aliphatic heterocycles. The fourth-order valence-corrected chi connectivity index (χ4v) is 2.50. The lowest BCUT2D eigenvalue weighted by atomic mass is 10.1. The van der Waals surface area contributed by atoms with Gasteiger partial charge in [-0.25, -0.2) is 9.59 Å². The van der Waals surface area contributed by atoms with Crippen LogP contribution in [0, 0.1) is 0 Å². The van der Waals surface area contributed by atoms with Gasteiger partial charge in [0.05, 0.1) is 13.2 Å². The lowest BCUT2D eigenvalue weighted by Crippen LogP contribution is -2.40. The highest BCUT2D eigenvalue weighted by Crippen LogP contribution is 2.27. The summed E-state index contributed by atoms with van der Waals surface area (Å²) in [5, 5.41) is 8.17. The number of hydrogen-bond donors (Lipinski definition) is 4. The van der Waals surface area contributed by atoms with E-state index in [1.807, 2.05) is 16.7 Å². The van der Waals surface area contributed by atoms with Gasteiger partial charge >= 0.3 is 12.2 Å². The van der Waals surface area contributed by atoms with Crippen molar-refractivity contribution in [2.24, 2.45) is 0 Å². The summed E-state index contributed by atoms with van der Waals surface area (Å²) in [7, 11) is 0. The van der Waals surface area contributed by atoms with Crippen LogP contribution >= 0.6 is 0 Å². The van der Waals surface area contributed by atoms with Crippen LogP contribution in [-0.4, -0.2) is 37.2 Å². The van der Waals surface area contributed by atoms with Gasteiger partial charge in [0.15, 0.2) is 0 Å². The minimum Gasteiger partial charge on any atom is -0.450 e. The SMILES string of the molecule is CCOC(=O)NC(=O)C(=CNc1cccc2c(N)cccc12)C(=O)NC(=O)OCC. The molecule has 0 aromatic heterocycles. The van der Waals surface area contributed by atoms with E-state index < -0.39 is 29.6 Å². The molecule has 5 N–H and O–H groups in total. The summed E-state index contributed by atoms with van der Waals surface area (Å²) in [6, 6.07) is 10.6. The largest absolute Gasteiger partial charge is 0.450 e. The zero-order valence-corrected chi connectivity index (χ0v) is 16.5. The van der Waals surface area contributed by atoms with Crippen LogP contribution in [0.15, 0.2) is 48.2 Å². The van der Waals surface area contributed by atoms with Gasteiger partial charge in [-0.15, -0.1) is 0 Å². The van der Waals surface area contributed by atoms with Crippen molar-refractivity contribution < 1.29 is 28.7 Å². The standard InChI is InChI=1S/C20H22N4O6/c1-3-29-19(27)23-17(25)14(18(26)24-20(28)30-4-2)11-22-16-10-6-7-12-13(16)8-5-9-15(12)21/h5-11,22H,3-4,21H2,1-2H3,(H,23,25,27)(H,24,26,28).